The average molecular weight is 443 g/mol. The Bertz CT molecular complexity index is 1160. The lowest BCUT2D eigenvalue weighted by atomic mass is 9.68. The summed E-state index contributed by atoms with van der Waals surface area (Å²) >= 11 is 6.25. The standard InChI is InChI=1S/C28H27ClN2O/c29-23-9-5-4-8-21(23)16-30-28(32)20-12-13-24-22(15-20)25-18-10-11-19(14-18)26(25)27(31-24)17-6-2-1-3-7-17/h1-9,12-13,15,18-19,25-27,31H,10-11,14,16H2,(H,30,32)/t18-,19-,25-,26+,27-/m0/s1. The van der Waals surface area contributed by atoms with E-state index in [1.54, 1.807) is 0 Å². The summed E-state index contributed by atoms with van der Waals surface area (Å²) in [5, 5.41) is 7.58. The van der Waals surface area contributed by atoms with E-state index in [0.717, 1.165) is 23.0 Å². The molecule has 2 aliphatic carbocycles. The number of anilines is 1. The Morgan fingerprint density at radius 3 is 2.59 bits per heavy atom. The molecule has 2 fully saturated rings. The van der Waals surface area contributed by atoms with E-state index in [9.17, 15) is 4.79 Å². The summed E-state index contributed by atoms with van der Waals surface area (Å²) in [6.45, 7) is 0.431. The number of carbonyl (C=O) groups is 1. The Morgan fingerprint density at radius 2 is 1.75 bits per heavy atom. The minimum Gasteiger partial charge on any atom is -0.378 e. The first-order chi connectivity index (χ1) is 15.7. The highest BCUT2D eigenvalue weighted by atomic mass is 35.5. The van der Waals surface area contributed by atoms with Crippen molar-refractivity contribution in [3.8, 4) is 0 Å². The van der Waals surface area contributed by atoms with Gasteiger partial charge in [-0.05, 0) is 83.9 Å². The molecule has 2 N–H and O–H groups in total. The lowest BCUT2D eigenvalue weighted by Gasteiger charge is -2.43. The molecule has 6 rings (SSSR count). The Hall–Kier alpha value is -2.78. The number of hydrogen-bond donors (Lipinski definition) is 2. The van der Waals surface area contributed by atoms with Gasteiger partial charge in [0, 0.05) is 22.8 Å². The molecule has 0 radical (unpaired) electrons. The number of amides is 1. The van der Waals surface area contributed by atoms with E-state index in [1.165, 1.54) is 36.1 Å². The van der Waals surface area contributed by atoms with Gasteiger partial charge < -0.3 is 10.6 Å². The largest absolute Gasteiger partial charge is 0.378 e. The molecule has 5 atom stereocenters. The third-order valence-corrected chi connectivity index (χ3v) is 8.27. The number of nitrogens with one attached hydrogen (secondary N) is 2. The molecule has 0 saturated heterocycles. The Morgan fingerprint density at radius 1 is 0.969 bits per heavy atom. The highest BCUT2D eigenvalue weighted by Crippen LogP contribution is 2.63. The molecule has 0 spiro atoms. The van der Waals surface area contributed by atoms with Gasteiger partial charge in [0.25, 0.3) is 5.91 Å². The van der Waals surface area contributed by atoms with Crippen LogP contribution in [0.2, 0.25) is 5.02 Å². The van der Waals surface area contributed by atoms with Gasteiger partial charge in [-0.3, -0.25) is 4.79 Å². The molecule has 162 valence electrons. The fraction of sp³-hybridized carbons (Fsp3) is 0.321. The van der Waals surface area contributed by atoms with Crippen LogP contribution in [-0.4, -0.2) is 5.91 Å². The predicted molar refractivity (Wildman–Crippen MR) is 129 cm³/mol. The monoisotopic (exact) mass is 442 g/mol. The van der Waals surface area contributed by atoms with Gasteiger partial charge in [0.15, 0.2) is 0 Å². The second-order valence-electron chi connectivity index (χ2n) is 9.55. The Kier molecular flexibility index (Phi) is 4.95. The summed E-state index contributed by atoms with van der Waals surface area (Å²) in [5.41, 5.74) is 5.57. The average Bonchev–Trinajstić information content (AvgIpc) is 3.46. The summed E-state index contributed by atoms with van der Waals surface area (Å²) in [6.07, 6.45) is 3.97. The first-order valence-electron chi connectivity index (χ1n) is 11.7. The second-order valence-corrected chi connectivity index (χ2v) is 9.95. The molecule has 1 heterocycles. The van der Waals surface area contributed by atoms with E-state index in [-0.39, 0.29) is 5.91 Å². The maximum absolute atomic E-state index is 13.0. The third kappa shape index (κ3) is 3.31. The summed E-state index contributed by atoms with van der Waals surface area (Å²) in [7, 11) is 0. The second kappa shape index (κ2) is 7.97. The molecule has 32 heavy (non-hydrogen) atoms. The van der Waals surface area contributed by atoms with Crippen LogP contribution in [-0.2, 0) is 6.54 Å². The van der Waals surface area contributed by atoms with Crippen molar-refractivity contribution >= 4 is 23.2 Å². The van der Waals surface area contributed by atoms with E-state index in [0.29, 0.717) is 29.4 Å². The quantitative estimate of drug-likeness (QED) is 0.480. The minimum atomic E-state index is -0.0439. The van der Waals surface area contributed by atoms with Crippen molar-refractivity contribution in [3.05, 3.63) is 100 Å². The molecule has 0 unspecified atom stereocenters. The summed E-state index contributed by atoms with van der Waals surface area (Å²) in [6, 6.07) is 25.1. The van der Waals surface area contributed by atoms with Crippen molar-refractivity contribution in [2.75, 3.05) is 5.32 Å². The fourth-order valence-corrected chi connectivity index (χ4v) is 6.74. The van der Waals surface area contributed by atoms with Crippen molar-refractivity contribution in [2.24, 2.45) is 17.8 Å². The number of carbonyl (C=O) groups excluding carboxylic acids is 1. The summed E-state index contributed by atoms with van der Waals surface area (Å²) in [5.74, 6) is 2.60. The zero-order chi connectivity index (χ0) is 21.7. The SMILES string of the molecule is O=C(NCc1ccccc1Cl)c1ccc2c(c1)[C@@H]1[C@H]3CC[C@@H](C3)[C@H]1[C@H](c1ccccc1)N2. The molecule has 3 nitrogen and oxygen atoms in total. The van der Waals surface area contributed by atoms with Crippen LogP contribution in [0.5, 0.6) is 0 Å². The fourth-order valence-electron chi connectivity index (χ4n) is 6.54. The highest BCUT2D eigenvalue weighted by molar-refractivity contribution is 6.31. The zero-order valence-corrected chi connectivity index (χ0v) is 18.7. The summed E-state index contributed by atoms with van der Waals surface area (Å²) in [4.78, 5) is 13.0. The van der Waals surface area contributed by atoms with Crippen LogP contribution in [0.4, 0.5) is 5.69 Å². The van der Waals surface area contributed by atoms with E-state index < -0.39 is 0 Å². The number of halogens is 1. The minimum absolute atomic E-state index is 0.0439. The van der Waals surface area contributed by atoms with E-state index >= 15 is 0 Å². The predicted octanol–water partition coefficient (Wildman–Crippen LogP) is 6.57. The first kappa shape index (κ1) is 19.9. The maximum Gasteiger partial charge on any atom is 0.251 e. The van der Waals surface area contributed by atoms with Crippen molar-refractivity contribution in [1.82, 2.24) is 5.32 Å². The van der Waals surface area contributed by atoms with E-state index in [2.05, 4.69) is 53.1 Å². The molecule has 4 heteroatoms. The van der Waals surface area contributed by atoms with Gasteiger partial charge in [0.05, 0.1) is 6.04 Å². The normalized spacial score (nSPS) is 27.3. The zero-order valence-electron chi connectivity index (χ0n) is 17.9. The molecule has 0 aromatic heterocycles. The maximum atomic E-state index is 13.0. The summed E-state index contributed by atoms with van der Waals surface area (Å²) < 4.78 is 0. The third-order valence-electron chi connectivity index (χ3n) is 7.91. The molecule has 3 aromatic rings. The van der Waals surface area contributed by atoms with Gasteiger partial charge in [-0.25, -0.2) is 0 Å². The lowest BCUT2D eigenvalue weighted by Crippen LogP contribution is -2.35. The number of hydrogen-bond acceptors (Lipinski definition) is 2. The van der Waals surface area contributed by atoms with Gasteiger partial charge in [-0.2, -0.15) is 0 Å². The number of rotatable bonds is 4. The van der Waals surface area contributed by atoms with Crippen LogP contribution in [0.25, 0.3) is 0 Å². The molecule has 1 amide bonds. The van der Waals surface area contributed by atoms with Gasteiger partial charge in [0.1, 0.15) is 0 Å². The van der Waals surface area contributed by atoms with Gasteiger partial charge in [-0.15, -0.1) is 0 Å². The van der Waals surface area contributed by atoms with Crippen molar-refractivity contribution in [3.63, 3.8) is 0 Å². The van der Waals surface area contributed by atoms with E-state index in [1.807, 2.05) is 30.3 Å². The van der Waals surface area contributed by atoms with Crippen LogP contribution in [0.15, 0.2) is 72.8 Å². The Balaban J connectivity index is 1.30. The van der Waals surface area contributed by atoms with E-state index in [4.69, 9.17) is 11.6 Å². The van der Waals surface area contributed by atoms with Crippen LogP contribution in [0.1, 0.15) is 58.3 Å². The topological polar surface area (TPSA) is 41.1 Å². The van der Waals surface area contributed by atoms with Crippen molar-refractivity contribution < 1.29 is 4.79 Å². The number of benzene rings is 3. The molecular weight excluding hydrogens is 416 g/mol. The Labute approximate surface area is 194 Å². The smallest absolute Gasteiger partial charge is 0.251 e. The number of fused-ring (bicyclic) bond motifs is 7. The van der Waals surface area contributed by atoms with Crippen LogP contribution in [0.3, 0.4) is 0 Å². The molecule has 3 aliphatic rings. The van der Waals surface area contributed by atoms with Crippen LogP contribution >= 0.6 is 11.6 Å². The first-order valence-corrected chi connectivity index (χ1v) is 12.0. The van der Waals surface area contributed by atoms with Gasteiger partial charge in [0.2, 0.25) is 0 Å². The van der Waals surface area contributed by atoms with Crippen molar-refractivity contribution in [2.45, 2.75) is 37.8 Å². The lowest BCUT2D eigenvalue weighted by molar-refractivity contribution is 0.0950. The molecule has 1 aliphatic heterocycles. The van der Waals surface area contributed by atoms with Crippen LogP contribution < -0.4 is 10.6 Å². The van der Waals surface area contributed by atoms with Gasteiger partial charge in [-0.1, -0.05) is 60.1 Å². The molecule has 3 aromatic carbocycles. The highest BCUT2D eigenvalue weighted by Gasteiger charge is 2.53. The van der Waals surface area contributed by atoms with Crippen molar-refractivity contribution in [1.29, 1.82) is 0 Å². The van der Waals surface area contributed by atoms with Gasteiger partial charge >= 0.3 is 0 Å². The van der Waals surface area contributed by atoms with Crippen LogP contribution in [0, 0.1) is 17.8 Å². The molecule has 2 bridgehead atoms. The molecular formula is C28H27ClN2O. The molecule has 2 saturated carbocycles.